The van der Waals surface area contributed by atoms with Crippen molar-refractivity contribution in [1.29, 1.82) is 0 Å². The minimum atomic E-state index is -0.353. The smallest absolute Gasteiger partial charge is 0.321 e. The molecule has 0 aromatic heterocycles. The second-order valence-corrected chi connectivity index (χ2v) is 7.04. The van der Waals surface area contributed by atoms with Gasteiger partial charge in [0.2, 0.25) is 5.91 Å². The van der Waals surface area contributed by atoms with Gasteiger partial charge in [-0.15, -0.1) is 0 Å². The number of hydrogen-bond acceptors (Lipinski definition) is 4. The molecule has 6 nitrogen and oxygen atoms in total. The van der Waals surface area contributed by atoms with Gasteiger partial charge >= 0.3 is 6.03 Å². The summed E-state index contributed by atoms with van der Waals surface area (Å²) in [6, 6.07) is -0.208. The molecule has 1 saturated heterocycles. The summed E-state index contributed by atoms with van der Waals surface area (Å²) in [5, 5.41) is 5.41. The highest BCUT2D eigenvalue weighted by atomic mass is 16.5. The molecule has 3 amide bonds. The van der Waals surface area contributed by atoms with Crippen molar-refractivity contribution in [3.63, 3.8) is 0 Å². The van der Waals surface area contributed by atoms with Gasteiger partial charge in [-0.1, -0.05) is 6.42 Å². The molecule has 1 aliphatic heterocycles. The average molecular weight is 309 g/mol. The standard InChI is InChI=1S/C16H27N3O3/c1-11(14-9-12-2-3-13(14)8-12)17-16(21)18-15(20)10-19-4-6-22-7-5-19/h11-14H,2-10H2,1H3,(H2,17,18,20,21). The number of fused-ring (bicyclic) bond motifs is 2. The monoisotopic (exact) mass is 309 g/mol. The lowest BCUT2D eigenvalue weighted by molar-refractivity contribution is -0.122. The summed E-state index contributed by atoms with van der Waals surface area (Å²) < 4.78 is 5.24. The van der Waals surface area contributed by atoms with Crippen LogP contribution < -0.4 is 10.6 Å². The molecule has 3 rings (SSSR count). The third-order valence-corrected chi connectivity index (χ3v) is 5.52. The third-order valence-electron chi connectivity index (χ3n) is 5.52. The number of morpholine rings is 1. The summed E-state index contributed by atoms with van der Waals surface area (Å²) in [4.78, 5) is 25.9. The van der Waals surface area contributed by atoms with Crippen LogP contribution in [0, 0.1) is 17.8 Å². The largest absolute Gasteiger partial charge is 0.379 e. The van der Waals surface area contributed by atoms with E-state index in [1.54, 1.807) is 0 Å². The van der Waals surface area contributed by atoms with E-state index in [0.29, 0.717) is 19.1 Å². The van der Waals surface area contributed by atoms with E-state index in [-0.39, 0.29) is 24.5 Å². The minimum Gasteiger partial charge on any atom is -0.379 e. The molecular formula is C16H27N3O3. The summed E-state index contributed by atoms with van der Waals surface area (Å²) in [6.07, 6.45) is 5.22. The SMILES string of the molecule is CC(NC(=O)NC(=O)CN1CCOCC1)C1CC2CCC1C2. The van der Waals surface area contributed by atoms with E-state index in [1.165, 1.54) is 25.7 Å². The van der Waals surface area contributed by atoms with Gasteiger partial charge in [-0.2, -0.15) is 0 Å². The Balaban J connectivity index is 1.39. The highest BCUT2D eigenvalue weighted by Crippen LogP contribution is 2.49. The second kappa shape index (κ2) is 6.96. The summed E-state index contributed by atoms with van der Waals surface area (Å²) in [5.41, 5.74) is 0. The predicted molar refractivity (Wildman–Crippen MR) is 82.3 cm³/mol. The number of nitrogens with zero attached hydrogens (tertiary/aromatic N) is 1. The van der Waals surface area contributed by atoms with Crippen LogP contribution in [0.2, 0.25) is 0 Å². The quantitative estimate of drug-likeness (QED) is 0.812. The number of carbonyl (C=O) groups is 2. The van der Waals surface area contributed by atoms with Crippen LogP contribution in [-0.4, -0.2) is 55.7 Å². The minimum absolute atomic E-state index is 0.145. The van der Waals surface area contributed by atoms with Crippen molar-refractivity contribution in [3.8, 4) is 0 Å². The highest BCUT2D eigenvalue weighted by Gasteiger charge is 2.42. The maximum Gasteiger partial charge on any atom is 0.321 e. The molecule has 0 spiro atoms. The van der Waals surface area contributed by atoms with Crippen molar-refractivity contribution >= 4 is 11.9 Å². The zero-order chi connectivity index (χ0) is 15.5. The molecule has 124 valence electrons. The number of rotatable bonds is 4. The first-order valence-corrected chi connectivity index (χ1v) is 8.52. The molecule has 2 aliphatic carbocycles. The van der Waals surface area contributed by atoms with Crippen LogP contribution in [0.25, 0.3) is 0 Å². The Hall–Kier alpha value is -1.14. The molecule has 2 N–H and O–H groups in total. The van der Waals surface area contributed by atoms with Gasteiger partial charge in [0.1, 0.15) is 0 Å². The topological polar surface area (TPSA) is 70.7 Å². The molecular weight excluding hydrogens is 282 g/mol. The van der Waals surface area contributed by atoms with Gasteiger partial charge in [-0.05, 0) is 43.9 Å². The number of hydrogen-bond donors (Lipinski definition) is 2. The predicted octanol–water partition coefficient (Wildman–Crippen LogP) is 0.969. The summed E-state index contributed by atoms with van der Waals surface area (Å²) >= 11 is 0. The molecule has 0 radical (unpaired) electrons. The zero-order valence-electron chi connectivity index (χ0n) is 13.3. The maximum absolute atomic E-state index is 12.0. The molecule has 2 bridgehead atoms. The van der Waals surface area contributed by atoms with Crippen molar-refractivity contribution in [2.75, 3.05) is 32.8 Å². The van der Waals surface area contributed by atoms with E-state index >= 15 is 0 Å². The van der Waals surface area contributed by atoms with Gasteiger partial charge in [0.05, 0.1) is 19.8 Å². The van der Waals surface area contributed by atoms with Crippen LogP contribution in [0.5, 0.6) is 0 Å². The van der Waals surface area contributed by atoms with Crippen LogP contribution >= 0.6 is 0 Å². The van der Waals surface area contributed by atoms with Gasteiger partial charge in [-0.25, -0.2) is 4.79 Å². The first-order chi connectivity index (χ1) is 10.6. The Kier molecular flexibility index (Phi) is 4.98. The fourth-order valence-electron chi connectivity index (χ4n) is 4.38. The average Bonchev–Trinajstić information content (AvgIpc) is 3.10. The first kappa shape index (κ1) is 15.7. The van der Waals surface area contributed by atoms with Gasteiger partial charge in [0, 0.05) is 19.1 Å². The van der Waals surface area contributed by atoms with Crippen LogP contribution in [0.3, 0.4) is 0 Å². The number of imide groups is 1. The van der Waals surface area contributed by atoms with Crippen LogP contribution in [0.15, 0.2) is 0 Å². The highest BCUT2D eigenvalue weighted by molar-refractivity contribution is 5.95. The molecule has 6 heteroatoms. The summed E-state index contributed by atoms with van der Waals surface area (Å²) in [5.74, 6) is 1.98. The zero-order valence-corrected chi connectivity index (χ0v) is 13.3. The normalized spacial score (nSPS) is 32.7. The molecule has 0 aromatic rings. The van der Waals surface area contributed by atoms with Crippen molar-refractivity contribution in [1.82, 2.24) is 15.5 Å². The number of amides is 3. The van der Waals surface area contributed by atoms with Crippen molar-refractivity contribution in [2.45, 2.75) is 38.6 Å². The third kappa shape index (κ3) is 3.79. The summed E-state index contributed by atoms with van der Waals surface area (Å²) in [7, 11) is 0. The number of urea groups is 1. The molecule has 4 atom stereocenters. The molecule has 4 unspecified atom stereocenters. The Morgan fingerprint density at radius 1 is 1.23 bits per heavy atom. The van der Waals surface area contributed by atoms with Gasteiger partial charge in [0.15, 0.2) is 0 Å². The van der Waals surface area contributed by atoms with Gasteiger partial charge < -0.3 is 10.1 Å². The lowest BCUT2D eigenvalue weighted by Crippen LogP contribution is -2.50. The van der Waals surface area contributed by atoms with Crippen LogP contribution in [-0.2, 0) is 9.53 Å². The summed E-state index contributed by atoms with van der Waals surface area (Å²) in [6.45, 7) is 5.13. The fourth-order valence-corrected chi connectivity index (χ4v) is 4.38. The molecule has 3 fully saturated rings. The van der Waals surface area contributed by atoms with Crippen molar-refractivity contribution < 1.29 is 14.3 Å². The van der Waals surface area contributed by atoms with E-state index < -0.39 is 0 Å². The first-order valence-electron chi connectivity index (χ1n) is 8.52. The van der Waals surface area contributed by atoms with Crippen LogP contribution in [0.4, 0.5) is 4.79 Å². The van der Waals surface area contributed by atoms with E-state index in [4.69, 9.17) is 4.74 Å². The lowest BCUT2D eigenvalue weighted by atomic mass is 9.84. The molecule has 3 aliphatic rings. The number of ether oxygens (including phenoxy) is 1. The molecule has 22 heavy (non-hydrogen) atoms. The lowest BCUT2D eigenvalue weighted by Gasteiger charge is -2.29. The Labute approximate surface area is 131 Å². The molecule has 1 heterocycles. The van der Waals surface area contributed by atoms with Crippen LogP contribution in [0.1, 0.15) is 32.6 Å². The second-order valence-electron chi connectivity index (χ2n) is 7.04. The van der Waals surface area contributed by atoms with Crippen molar-refractivity contribution in [3.05, 3.63) is 0 Å². The number of nitrogens with one attached hydrogen (secondary N) is 2. The number of carbonyl (C=O) groups excluding carboxylic acids is 2. The van der Waals surface area contributed by atoms with E-state index in [9.17, 15) is 9.59 Å². The van der Waals surface area contributed by atoms with Gasteiger partial charge in [-0.3, -0.25) is 15.0 Å². The van der Waals surface area contributed by atoms with Gasteiger partial charge in [0.25, 0.3) is 0 Å². The maximum atomic E-state index is 12.0. The Bertz CT molecular complexity index is 423. The Morgan fingerprint density at radius 2 is 2.00 bits per heavy atom. The molecule has 0 aromatic carbocycles. The Morgan fingerprint density at radius 3 is 2.64 bits per heavy atom. The van der Waals surface area contributed by atoms with E-state index in [2.05, 4.69) is 17.6 Å². The van der Waals surface area contributed by atoms with E-state index in [1.807, 2.05) is 4.90 Å². The molecule has 2 saturated carbocycles. The van der Waals surface area contributed by atoms with E-state index in [0.717, 1.165) is 24.9 Å². The van der Waals surface area contributed by atoms with Crippen molar-refractivity contribution in [2.24, 2.45) is 17.8 Å². The fraction of sp³-hybridized carbons (Fsp3) is 0.875.